The number of ether oxygens (including phenoxy) is 2. The van der Waals surface area contributed by atoms with Crippen LogP contribution in [0, 0.1) is 5.82 Å². The van der Waals surface area contributed by atoms with Crippen LogP contribution in [-0.2, 0) is 4.74 Å². The summed E-state index contributed by atoms with van der Waals surface area (Å²) in [6.45, 7) is 7.73. The van der Waals surface area contributed by atoms with Gasteiger partial charge in [0.15, 0.2) is 17.5 Å². The molecular weight excluding hydrogens is 311 g/mol. The number of benzene rings is 1. The highest BCUT2D eigenvalue weighted by Gasteiger charge is 2.11. The summed E-state index contributed by atoms with van der Waals surface area (Å²) >= 11 is 0. The van der Waals surface area contributed by atoms with Gasteiger partial charge in [0, 0.05) is 33.2 Å². The molecule has 2 N–H and O–H groups in total. The molecule has 0 saturated carbocycles. The van der Waals surface area contributed by atoms with Gasteiger partial charge in [0.1, 0.15) is 6.10 Å². The fourth-order valence-corrected chi connectivity index (χ4v) is 2.42. The highest BCUT2D eigenvalue weighted by atomic mass is 19.1. The van der Waals surface area contributed by atoms with E-state index in [0.717, 1.165) is 39.4 Å². The van der Waals surface area contributed by atoms with Crippen LogP contribution in [0.25, 0.3) is 0 Å². The second-order valence-corrected chi connectivity index (χ2v) is 5.69. The Bertz CT molecular complexity index is 521. The Hall–Kier alpha value is -1.86. The van der Waals surface area contributed by atoms with Crippen LogP contribution in [0.4, 0.5) is 4.39 Å². The Kier molecular flexibility index (Phi) is 7.77. The van der Waals surface area contributed by atoms with E-state index in [9.17, 15) is 4.39 Å². The van der Waals surface area contributed by atoms with Crippen molar-refractivity contribution in [3.05, 3.63) is 30.1 Å². The second kappa shape index (κ2) is 10.1. The Morgan fingerprint density at radius 1 is 1.33 bits per heavy atom. The van der Waals surface area contributed by atoms with Crippen molar-refractivity contribution < 1.29 is 13.9 Å². The van der Waals surface area contributed by atoms with Crippen molar-refractivity contribution in [1.82, 2.24) is 15.5 Å². The Labute approximate surface area is 143 Å². The van der Waals surface area contributed by atoms with Gasteiger partial charge in [-0.05, 0) is 19.1 Å². The molecule has 1 aliphatic heterocycles. The highest BCUT2D eigenvalue weighted by Crippen LogP contribution is 2.16. The number of guanidine groups is 1. The standard InChI is InChI=1S/C17H27FN4O2/c1-14(24-16-6-4-3-5-15(16)18)13-21-17(19-2)20-7-8-22-9-11-23-12-10-22/h3-6,14H,7-13H2,1-2H3,(H2,19,20,21). The number of aliphatic imine (C=N–C) groups is 1. The lowest BCUT2D eigenvalue weighted by atomic mass is 10.3. The zero-order valence-corrected chi connectivity index (χ0v) is 14.4. The molecule has 1 heterocycles. The SMILES string of the molecule is CN=C(NCCN1CCOCC1)NCC(C)Oc1ccccc1F. The summed E-state index contributed by atoms with van der Waals surface area (Å²) in [7, 11) is 1.73. The van der Waals surface area contributed by atoms with Crippen LogP contribution < -0.4 is 15.4 Å². The van der Waals surface area contributed by atoms with Gasteiger partial charge in [0.05, 0.1) is 19.8 Å². The van der Waals surface area contributed by atoms with E-state index in [2.05, 4.69) is 20.5 Å². The van der Waals surface area contributed by atoms with Crippen molar-refractivity contribution in [3.8, 4) is 5.75 Å². The molecule has 24 heavy (non-hydrogen) atoms. The van der Waals surface area contributed by atoms with Crippen LogP contribution in [0.3, 0.4) is 0 Å². The third-order valence-electron chi connectivity index (χ3n) is 3.77. The van der Waals surface area contributed by atoms with Crippen molar-refractivity contribution in [3.63, 3.8) is 0 Å². The third kappa shape index (κ3) is 6.33. The van der Waals surface area contributed by atoms with E-state index in [0.29, 0.717) is 12.5 Å². The first-order valence-corrected chi connectivity index (χ1v) is 8.35. The largest absolute Gasteiger partial charge is 0.486 e. The van der Waals surface area contributed by atoms with Crippen molar-refractivity contribution in [2.75, 3.05) is 53.0 Å². The second-order valence-electron chi connectivity index (χ2n) is 5.69. The van der Waals surface area contributed by atoms with Gasteiger partial charge in [-0.2, -0.15) is 0 Å². The van der Waals surface area contributed by atoms with Gasteiger partial charge in [0.25, 0.3) is 0 Å². The molecule has 1 unspecified atom stereocenters. The highest BCUT2D eigenvalue weighted by molar-refractivity contribution is 5.79. The summed E-state index contributed by atoms with van der Waals surface area (Å²) in [5, 5.41) is 6.47. The normalized spacial score (nSPS) is 17.4. The average molecular weight is 338 g/mol. The Morgan fingerprint density at radius 2 is 2.08 bits per heavy atom. The number of nitrogens with one attached hydrogen (secondary N) is 2. The average Bonchev–Trinajstić information content (AvgIpc) is 2.61. The van der Waals surface area contributed by atoms with E-state index in [1.807, 2.05) is 6.92 Å². The Morgan fingerprint density at radius 3 is 2.79 bits per heavy atom. The van der Waals surface area contributed by atoms with E-state index >= 15 is 0 Å². The van der Waals surface area contributed by atoms with Crippen molar-refractivity contribution in [2.24, 2.45) is 4.99 Å². The molecule has 1 aromatic carbocycles. The van der Waals surface area contributed by atoms with E-state index in [4.69, 9.17) is 9.47 Å². The minimum absolute atomic E-state index is 0.181. The van der Waals surface area contributed by atoms with Crippen LogP contribution in [0.1, 0.15) is 6.92 Å². The maximum Gasteiger partial charge on any atom is 0.191 e. The molecular formula is C17H27FN4O2. The lowest BCUT2D eigenvalue weighted by Crippen LogP contribution is -2.46. The zero-order valence-electron chi connectivity index (χ0n) is 14.4. The van der Waals surface area contributed by atoms with Crippen LogP contribution in [0.5, 0.6) is 5.75 Å². The summed E-state index contributed by atoms with van der Waals surface area (Å²) in [5.74, 6) is 0.631. The fraction of sp³-hybridized carbons (Fsp3) is 0.588. The molecule has 0 radical (unpaired) electrons. The Balaban J connectivity index is 1.66. The molecule has 1 aromatic rings. The molecule has 1 aliphatic rings. The van der Waals surface area contributed by atoms with E-state index in [1.54, 1.807) is 25.2 Å². The fourth-order valence-electron chi connectivity index (χ4n) is 2.42. The molecule has 6 nitrogen and oxygen atoms in total. The summed E-state index contributed by atoms with van der Waals surface area (Å²) in [6, 6.07) is 6.42. The predicted octanol–water partition coefficient (Wildman–Crippen LogP) is 1.09. The number of halogens is 1. The first kappa shape index (κ1) is 18.5. The molecule has 2 rings (SSSR count). The van der Waals surface area contributed by atoms with Crippen LogP contribution in [0.2, 0.25) is 0 Å². The molecule has 134 valence electrons. The molecule has 1 saturated heterocycles. The van der Waals surface area contributed by atoms with E-state index < -0.39 is 0 Å². The van der Waals surface area contributed by atoms with Crippen LogP contribution >= 0.6 is 0 Å². The predicted molar refractivity (Wildman–Crippen MR) is 93.1 cm³/mol. The first-order chi connectivity index (χ1) is 11.7. The number of para-hydroxylation sites is 1. The van der Waals surface area contributed by atoms with E-state index in [-0.39, 0.29) is 17.7 Å². The molecule has 0 amide bonds. The van der Waals surface area contributed by atoms with Gasteiger partial charge in [-0.1, -0.05) is 12.1 Å². The first-order valence-electron chi connectivity index (χ1n) is 8.35. The summed E-state index contributed by atoms with van der Waals surface area (Å²) in [4.78, 5) is 6.54. The number of morpholine rings is 1. The van der Waals surface area contributed by atoms with Crippen molar-refractivity contribution in [2.45, 2.75) is 13.0 Å². The van der Waals surface area contributed by atoms with Crippen LogP contribution in [0.15, 0.2) is 29.3 Å². The van der Waals surface area contributed by atoms with Gasteiger partial charge in [-0.3, -0.25) is 9.89 Å². The third-order valence-corrected chi connectivity index (χ3v) is 3.77. The molecule has 0 aliphatic carbocycles. The topological polar surface area (TPSA) is 58.1 Å². The molecule has 7 heteroatoms. The van der Waals surface area contributed by atoms with Gasteiger partial charge in [0.2, 0.25) is 0 Å². The number of hydrogen-bond acceptors (Lipinski definition) is 4. The smallest absolute Gasteiger partial charge is 0.191 e. The monoisotopic (exact) mass is 338 g/mol. The van der Waals surface area contributed by atoms with Gasteiger partial charge in [-0.15, -0.1) is 0 Å². The lowest BCUT2D eigenvalue weighted by molar-refractivity contribution is 0.0389. The molecule has 1 fully saturated rings. The van der Waals surface area contributed by atoms with Crippen LogP contribution in [-0.4, -0.2) is 69.9 Å². The van der Waals surface area contributed by atoms with Gasteiger partial charge < -0.3 is 20.1 Å². The van der Waals surface area contributed by atoms with E-state index in [1.165, 1.54) is 6.07 Å². The summed E-state index contributed by atoms with van der Waals surface area (Å²) in [5.41, 5.74) is 0. The van der Waals surface area contributed by atoms with Gasteiger partial charge in [-0.25, -0.2) is 4.39 Å². The van der Waals surface area contributed by atoms with Gasteiger partial charge >= 0.3 is 0 Å². The lowest BCUT2D eigenvalue weighted by Gasteiger charge is -2.26. The maximum absolute atomic E-state index is 13.6. The molecule has 0 bridgehead atoms. The minimum atomic E-state index is -0.350. The van der Waals surface area contributed by atoms with Crippen molar-refractivity contribution in [1.29, 1.82) is 0 Å². The molecule has 0 spiro atoms. The summed E-state index contributed by atoms with van der Waals surface area (Å²) < 4.78 is 24.5. The molecule has 0 aromatic heterocycles. The maximum atomic E-state index is 13.6. The number of nitrogens with zero attached hydrogens (tertiary/aromatic N) is 2. The zero-order chi connectivity index (χ0) is 17.2. The number of hydrogen-bond donors (Lipinski definition) is 2. The minimum Gasteiger partial charge on any atom is -0.486 e. The summed E-state index contributed by atoms with van der Waals surface area (Å²) in [6.07, 6.45) is -0.181. The number of rotatable bonds is 7. The quantitative estimate of drug-likeness (QED) is 0.576. The molecule has 1 atom stereocenters. The van der Waals surface area contributed by atoms with Crippen molar-refractivity contribution >= 4 is 5.96 Å².